The number of anilines is 1. The molecule has 136 valence electrons. The number of halogens is 1. The van der Waals surface area contributed by atoms with Crippen molar-refractivity contribution in [2.24, 2.45) is 0 Å². The van der Waals surface area contributed by atoms with Gasteiger partial charge in [0.15, 0.2) is 0 Å². The summed E-state index contributed by atoms with van der Waals surface area (Å²) in [5.41, 5.74) is 2.30. The lowest BCUT2D eigenvalue weighted by Gasteiger charge is -2.20. The van der Waals surface area contributed by atoms with Gasteiger partial charge in [0.05, 0.1) is 11.3 Å². The Morgan fingerprint density at radius 1 is 0.889 bits per heavy atom. The summed E-state index contributed by atoms with van der Waals surface area (Å²) < 4.78 is 0. The first kappa shape index (κ1) is 18.7. The maximum atomic E-state index is 12.9. The van der Waals surface area contributed by atoms with E-state index in [-0.39, 0.29) is 11.8 Å². The fourth-order valence-corrected chi connectivity index (χ4v) is 2.92. The van der Waals surface area contributed by atoms with Crippen LogP contribution in [0, 0.1) is 0 Å². The Balaban J connectivity index is 1.79. The monoisotopic (exact) mass is 378 g/mol. The van der Waals surface area contributed by atoms with Crippen LogP contribution in [0.15, 0.2) is 78.9 Å². The molecule has 0 atom stereocenters. The van der Waals surface area contributed by atoms with Gasteiger partial charge in [0.1, 0.15) is 0 Å². The van der Waals surface area contributed by atoms with Crippen molar-refractivity contribution in [1.82, 2.24) is 4.90 Å². The maximum absolute atomic E-state index is 12.9. The highest BCUT2D eigenvalue weighted by Crippen LogP contribution is 2.21. The summed E-state index contributed by atoms with van der Waals surface area (Å²) in [7, 11) is 1.71. The second kappa shape index (κ2) is 8.52. The van der Waals surface area contributed by atoms with Gasteiger partial charge in [-0.15, -0.1) is 0 Å². The molecule has 0 aromatic heterocycles. The van der Waals surface area contributed by atoms with Crippen LogP contribution in [0.2, 0.25) is 5.02 Å². The average Bonchev–Trinajstić information content (AvgIpc) is 2.70. The molecule has 0 unspecified atom stereocenters. The molecule has 0 fully saturated rings. The standard InChI is InChI=1S/C22H19ClN2O2/c1-25(15-17-11-5-7-13-19(17)23)22(27)18-12-6-8-14-20(18)24-21(26)16-9-3-2-4-10-16/h2-14H,15H2,1H3,(H,24,26). The quantitative estimate of drug-likeness (QED) is 0.688. The molecule has 3 aromatic rings. The third-order valence-electron chi connectivity index (χ3n) is 4.15. The lowest BCUT2D eigenvalue weighted by Crippen LogP contribution is -2.27. The zero-order valence-corrected chi connectivity index (χ0v) is 15.6. The van der Waals surface area contributed by atoms with Crippen LogP contribution in [-0.2, 0) is 6.54 Å². The third kappa shape index (κ3) is 4.54. The van der Waals surface area contributed by atoms with Crippen LogP contribution in [0.1, 0.15) is 26.3 Å². The molecule has 4 nitrogen and oxygen atoms in total. The van der Waals surface area contributed by atoms with Crippen LogP contribution >= 0.6 is 11.6 Å². The fourth-order valence-electron chi connectivity index (χ4n) is 2.72. The molecule has 2 amide bonds. The molecule has 0 aliphatic heterocycles. The predicted octanol–water partition coefficient (Wildman–Crippen LogP) is 4.86. The minimum absolute atomic E-state index is 0.195. The second-order valence-corrected chi connectivity index (χ2v) is 6.53. The highest BCUT2D eigenvalue weighted by molar-refractivity contribution is 6.31. The molecule has 5 heteroatoms. The molecule has 0 spiro atoms. The Morgan fingerprint density at radius 3 is 2.26 bits per heavy atom. The van der Waals surface area contributed by atoms with Crippen molar-refractivity contribution in [2.45, 2.75) is 6.54 Å². The molecule has 0 saturated heterocycles. The number of amides is 2. The van der Waals surface area contributed by atoms with Gasteiger partial charge in [-0.25, -0.2) is 0 Å². The SMILES string of the molecule is CN(Cc1ccccc1Cl)C(=O)c1ccccc1NC(=O)c1ccccc1. The van der Waals surface area contributed by atoms with E-state index in [0.717, 1.165) is 5.56 Å². The first-order valence-electron chi connectivity index (χ1n) is 8.50. The van der Waals surface area contributed by atoms with E-state index >= 15 is 0 Å². The highest BCUT2D eigenvalue weighted by atomic mass is 35.5. The molecule has 0 heterocycles. The van der Waals surface area contributed by atoms with Gasteiger partial charge in [-0.05, 0) is 35.9 Å². The van der Waals surface area contributed by atoms with E-state index in [1.807, 2.05) is 24.3 Å². The number of hydrogen-bond donors (Lipinski definition) is 1. The molecule has 1 N–H and O–H groups in total. The summed E-state index contributed by atoms with van der Waals surface area (Å²) in [6, 6.07) is 23.3. The number of carbonyl (C=O) groups excluding carboxylic acids is 2. The molecule has 0 aliphatic carbocycles. The van der Waals surface area contributed by atoms with Crippen molar-refractivity contribution in [1.29, 1.82) is 0 Å². The fraction of sp³-hybridized carbons (Fsp3) is 0.0909. The maximum Gasteiger partial charge on any atom is 0.256 e. The zero-order chi connectivity index (χ0) is 19.2. The van der Waals surface area contributed by atoms with Gasteiger partial charge in [0.2, 0.25) is 0 Å². The van der Waals surface area contributed by atoms with Crippen LogP contribution in [0.4, 0.5) is 5.69 Å². The van der Waals surface area contributed by atoms with Crippen molar-refractivity contribution in [3.8, 4) is 0 Å². The van der Waals surface area contributed by atoms with Gasteiger partial charge in [-0.3, -0.25) is 9.59 Å². The Kier molecular flexibility index (Phi) is 5.89. The van der Waals surface area contributed by atoms with Crippen molar-refractivity contribution in [3.63, 3.8) is 0 Å². The number of carbonyl (C=O) groups is 2. The molecule has 27 heavy (non-hydrogen) atoms. The molecule has 3 aromatic carbocycles. The summed E-state index contributed by atoms with van der Waals surface area (Å²) in [6.07, 6.45) is 0. The first-order chi connectivity index (χ1) is 13.1. The van der Waals surface area contributed by atoms with Crippen molar-refractivity contribution in [3.05, 3.63) is 101 Å². The number of benzene rings is 3. The van der Waals surface area contributed by atoms with E-state index in [1.165, 1.54) is 0 Å². The number of para-hydroxylation sites is 1. The molecule has 3 rings (SSSR count). The molecule has 0 radical (unpaired) electrons. The van der Waals surface area contributed by atoms with Crippen molar-refractivity contribution in [2.75, 3.05) is 12.4 Å². The van der Waals surface area contributed by atoms with Crippen LogP contribution in [-0.4, -0.2) is 23.8 Å². The van der Waals surface area contributed by atoms with E-state index in [0.29, 0.717) is 28.4 Å². The van der Waals surface area contributed by atoms with Crippen LogP contribution in [0.3, 0.4) is 0 Å². The number of rotatable bonds is 5. The van der Waals surface area contributed by atoms with Gasteiger partial charge < -0.3 is 10.2 Å². The van der Waals surface area contributed by atoms with Crippen LogP contribution < -0.4 is 5.32 Å². The normalized spacial score (nSPS) is 10.3. The van der Waals surface area contributed by atoms with E-state index in [1.54, 1.807) is 66.5 Å². The third-order valence-corrected chi connectivity index (χ3v) is 4.52. The van der Waals surface area contributed by atoms with Gasteiger partial charge in [-0.2, -0.15) is 0 Å². The highest BCUT2D eigenvalue weighted by Gasteiger charge is 2.18. The summed E-state index contributed by atoms with van der Waals surface area (Å²) in [5, 5.41) is 3.44. The minimum Gasteiger partial charge on any atom is -0.337 e. The second-order valence-electron chi connectivity index (χ2n) is 6.12. The summed E-state index contributed by atoms with van der Waals surface area (Å²) >= 11 is 6.19. The van der Waals surface area contributed by atoms with E-state index in [4.69, 9.17) is 11.6 Å². The lowest BCUT2D eigenvalue weighted by atomic mass is 10.1. The van der Waals surface area contributed by atoms with Crippen LogP contribution in [0.5, 0.6) is 0 Å². The molecular weight excluding hydrogens is 360 g/mol. The van der Waals surface area contributed by atoms with E-state index in [9.17, 15) is 9.59 Å². The molecule has 0 saturated carbocycles. The predicted molar refractivity (Wildman–Crippen MR) is 108 cm³/mol. The average molecular weight is 379 g/mol. The Hall–Kier alpha value is -3.11. The number of nitrogens with one attached hydrogen (secondary N) is 1. The van der Waals surface area contributed by atoms with Gasteiger partial charge in [0, 0.05) is 24.2 Å². The minimum atomic E-state index is -0.260. The lowest BCUT2D eigenvalue weighted by molar-refractivity contribution is 0.0786. The summed E-state index contributed by atoms with van der Waals surface area (Å²) in [5.74, 6) is -0.455. The Morgan fingerprint density at radius 2 is 1.52 bits per heavy atom. The smallest absolute Gasteiger partial charge is 0.256 e. The number of nitrogens with zero attached hydrogens (tertiary/aromatic N) is 1. The van der Waals surface area contributed by atoms with Crippen molar-refractivity contribution < 1.29 is 9.59 Å². The summed E-state index contributed by atoms with van der Waals surface area (Å²) in [6.45, 7) is 0.374. The Bertz CT molecular complexity index is 957. The first-order valence-corrected chi connectivity index (χ1v) is 8.88. The van der Waals surface area contributed by atoms with Gasteiger partial charge >= 0.3 is 0 Å². The largest absolute Gasteiger partial charge is 0.337 e. The number of hydrogen-bond acceptors (Lipinski definition) is 2. The van der Waals surface area contributed by atoms with Crippen LogP contribution in [0.25, 0.3) is 0 Å². The van der Waals surface area contributed by atoms with Gasteiger partial charge in [-0.1, -0.05) is 60.1 Å². The Labute approximate surface area is 163 Å². The molecular formula is C22H19ClN2O2. The van der Waals surface area contributed by atoms with Crippen molar-refractivity contribution >= 4 is 29.1 Å². The topological polar surface area (TPSA) is 49.4 Å². The molecule has 0 bridgehead atoms. The zero-order valence-electron chi connectivity index (χ0n) is 14.9. The van der Waals surface area contributed by atoms with Gasteiger partial charge in [0.25, 0.3) is 11.8 Å². The molecule has 0 aliphatic rings. The van der Waals surface area contributed by atoms with E-state index < -0.39 is 0 Å². The summed E-state index contributed by atoms with van der Waals surface area (Å²) in [4.78, 5) is 26.9. The van der Waals surface area contributed by atoms with E-state index in [2.05, 4.69) is 5.32 Å².